The van der Waals surface area contributed by atoms with Crippen molar-refractivity contribution in [2.75, 3.05) is 0 Å². The third-order valence-electron chi connectivity index (χ3n) is 4.23. The molecule has 0 amide bonds. The first-order valence-corrected chi connectivity index (χ1v) is 7.19. The quantitative estimate of drug-likeness (QED) is 0.554. The van der Waals surface area contributed by atoms with Crippen LogP contribution in [0.2, 0.25) is 0 Å². The summed E-state index contributed by atoms with van der Waals surface area (Å²) in [5, 5.41) is 0. The van der Waals surface area contributed by atoms with Crippen molar-refractivity contribution in [1.82, 2.24) is 0 Å². The van der Waals surface area contributed by atoms with Crippen LogP contribution in [-0.2, 0) is 26.2 Å². The predicted octanol–water partition coefficient (Wildman–Crippen LogP) is -0.946. The first-order chi connectivity index (χ1) is 9.11. The first-order valence-electron chi connectivity index (χ1n) is 7.19. The summed E-state index contributed by atoms with van der Waals surface area (Å²) < 4.78 is 0. The summed E-state index contributed by atoms with van der Waals surface area (Å²) in [6.07, 6.45) is 10.2. The van der Waals surface area contributed by atoms with Crippen molar-refractivity contribution in [3.05, 3.63) is 57.4 Å². The van der Waals surface area contributed by atoms with Gasteiger partial charge in [0.1, 0.15) is 0 Å². The van der Waals surface area contributed by atoms with Crippen LogP contribution in [0.25, 0.3) is 0 Å². The van der Waals surface area contributed by atoms with E-state index in [1.54, 1.807) is 0 Å². The molecule has 0 aromatic rings. The Morgan fingerprint density at radius 2 is 1.77 bits per heavy atom. The van der Waals surface area contributed by atoms with Crippen LogP contribution in [0.15, 0.2) is 62.4 Å². The van der Waals surface area contributed by atoms with Gasteiger partial charge in [-0.25, -0.2) is 0 Å². The number of allylic oxidation sites excluding steroid dienone is 8. The molecule has 0 unspecified atom stereocenters. The molecular formula is C18H21Cl2NZr. The van der Waals surface area contributed by atoms with Gasteiger partial charge in [-0.1, -0.05) is 36.3 Å². The molecule has 1 heterocycles. The molecule has 0 fully saturated rings. The Hall–Kier alpha value is -0.167. The molecule has 0 bridgehead atoms. The van der Waals surface area contributed by atoms with E-state index in [1.165, 1.54) is 44.8 Å². The standard InChI is InChI=1S/C18H21N.2ClH.Zr/c1-5-13-6-7-14(10-13)17-12(4)19-16-9-8-15(11(2)3)18(16)17;;;/h6,9-10H,5,7-8H2,1-4H3;2*1H;/q;;;+2/p-2. The molecule has 0 spiro atoms. The normalized spacial score (nSPS) is 18.5. The summed E-state index contributed by atoms with van der Waals surface area (Å²) in [5.41, 5.74) is 11.0. The third kappa shape index (κ3) is 3.66. The Labute approximate surface area is 165 Å². The van der Waals surface area contributed by atoms with Crippen LogP contribution >= 0.6 is 0 Å². The predicted molar refractivity (Wildman–Crippen MR) is 82.3 cm³/mol. The summed E-state index contributed by atoms with van der Waals surface area (Å²) in [4.78, 5) is 4.77. The second-order valence-electron chi connectivity index (χ2n) is 5.73. The number of aliphatic imine (C=N–C) groups is 1. The summed E-state index contributed by atoms with van der Waals surface area (Å²) in [6.45, 7) is 8.79. The minimum atomic E-state index is 0. The summed E-state index contributed by atoms with van der Waals surface area (Å²) in [5.74, 6) is 0. The van der Waals surface area contributed by atoms with Crippen LogP contribution < -0.4 is 24.8 Å². The van der Waals surface area contributed by atoms with Crippen molar-refractivity contribution in [2.45, 2.75) is 47.0 Å². The maximum Gasteiger partial charge on any atom is 2.00 e. The van der Waals surface area contributed by atoms with Crippen LogP contribution in [0.1, 0.15) is 47.0 Å². The first kappa shape index (κ1) is 21.8. The number of nitrogens with zero attached hydrogens (tertiary/aromatic N) is 1. The summed E-state index contributed by atoms with van der Waals surface area (Å²) >= 11 is 0. The molecule has 3 aliphatic rings. The van der Waals surface area contributed by atoms with Gasteiger partial charge in [-0.05, 0) is 51.2 Å². The van der Waals surface area contributed by atoms with Gasteiger partial charge in [0.15, 0.2) is 0 Å². The number of rotatable bonds is 2. The van der Waals surface area contributed by atoms with E-state index in [2.05, 4.69) is 45.9 Å². The fraction of sp³-hybridized carbons (Fsp3) is 0.389. The van der Waals surface area contributed by atoms with Crippen molar-refractivity contribution in [3.8, 4) is 0 Å². The van der Waals surface area contributed by atoms with Gasteiger partial charge in [-0.2, -0.15) is 0 Å². The van der Waals surface area contributed by atoms with Crippen molar-refractivity contribution in [3.63, 3.8) is 0 Å². The van der Waals surface area contributed by atoms with Gasteiger partial charge < -0.3 is 24.8 Å². The molecule has 2 aliphatic carbocycles. The maximum atomic E-state index is 4.77. The third-order valence-corrected chi connectivity index (χ3v) is 4.23. The maximum absolute atomic E-state index is 4.77. The van der Waals surface area contributed by atoms with Gasteiger partial charge in [0.2, 0.25) is 0 Å². The largest absolute Gasteiger partial charge is 2.00 e. The smallest absolute Gasteiger partial charge is 1.00 e. The Morgan fingerprint density at radius 1 is 1.09 bits per heavy atom. The minimum Gasteiger partial charge on any atom is -1.00 e. The van der Waals surface area contributed by atoms with Gasteiger partial charge in [0, 0.05) is 16.9 Å². The minimum absolute atomic E-state index is 0. The molecule has 3 rings (SSSR count). The molecule has 0 radical (unpaired) electrons. The molecule has 0 aromatic heterocycles. The van der Waals surface area contributed by atoms with E-state index in [9.17, 15) is 0 Å². The fourth-order valence-corrected chi connectivity index (χ4v) is 3.21. The Morgan fingerprint density at radius 3 is 2.32 bits per heavy atom. The molecule has 0 saturated carbocycles. The van der Waals surface area contributed by atoms with Gasteiger partial charge in [0.25, 0.3) is 0 Å². The second kappa shape index (κ2) is 8.62. The zero-order chi connectivity index (χ0) is 13.6. The van der Waals surface area contributed by atoms with Crippen molar-refractivity contribution in [1.29, 1.82) is 0 Å². The van der Waals surface area contributed by atoms with Gasteiger partial charge in [0.05, 0.1) is 5.70 Å². The van der Waals surface area contributed by atoms with E-state index in [0.717, 1.165) is 19.3 Å². The van der Waals surface area contributed by atoms with Crippen LogP contribution in [-0.4, -0.2) is 5.71 Å². The van der Waals surface area contributed by atoms with E-state index in [1.807, 2.05) is 0 Å². The molecular weight excluding hydrogens is 392 g/mol. The zero-order valence-electron chi connectivity index (χ0n) is 13.6. The molecule has 1 nitrogen and oxygen atoms in total. The fourth-order valence-electron chi connectivity index (χ4n) is 3.21. The van der Waals surface area contributed by atoms with Crippen LogP contribution in [0.4, 0.5) is 0 Å². The SMILES string of the molecule is CCC1=CCC(C2=C3C(=CCC3=C(C)C)N=C2C)=C1.[Cl-].[Cl-].[Zr+2]. The van der Waals surface area contributed by atoms with Crippen molar-refractivity contribution in [2.24, 2.45) is 4.99 Å². The van der Waals surface area contributed by atoms with Crippen LogP contribution in [0, 0.1) is 0 Å². The van der Waals surface area contributed by atoms with Gasteiger partial charge in [-0.3, -0.25) is 4.99 Å². The average Bonchev–Trinajstić information content (AvgIpc) is 3.02. The topological polar surface area (TPSA) is 12.4 Å². The number of halogens is 2. The van der Waals surface area contributed by atoms with E-state index in [0.29, 0.717) is 0 Å². The van der Waals surface area contributed by atoms with E-state index in [-0.39, 0.29) is 51.0 Å². The molecule has 0 aromatic carbocycles. The molecule has 116 valence electrons. The molecule has 1 aliphatic heterocycles. The van der Waals surface area contributed by atoms with Gasteiger partial charge in [-0.15, -0.1) is 0 Å². The number of fused-ring (bicyclic) bond motifs is 1. The summed E-state index contributed by atoms with van der Waals surface area (Å²) in [6, 6.07) is 0. The molecule has 0 atom stereocenters. The molecule has 0 saturated heterocycles. The average molecular weight is 414 g/mol. The molecule has 0 N–H and O–H groups in total. The molecule has 22 heavy (non-hydrogen) atoms. The van der Waals surface area contributed by atoms with E-state index in [4.69, 9.17) is 4.99 Å². The van der Waals surface area contributed by atoms with Crippen LogP contribution in [0.3, 0.4) is 0 Å². The molecule has 4 heteroatoms. The Kier molecular flexibility index (Phi) is 8.55. The van der Waals surface area contributed by atoms with E-state index >= 15 is 0 Å². The van der Waals surface area contributed by atoms with Crippen molar-refractivity contribution >= 4 is 5.71 Å². The van der Waals surface area contributed by atoms with Gasteiger partial charge >= 0.3 is 26.2 Å². The van der Waals surface area contributed by atoms with E-state index < -0.39 is 0 Å². The number of hydrogen-bond acceptors (Lipinski definition) is 1. The monoisotopic (exact) mass is 411 g/mol. The Balaban J connectivity index is 0.00000147. The summed E-state index contributed by atoms with van der Waals surface area (Å²) in [7, 11) is 0. The Bertz CT molecular complexity index is 642. The second-order valence-corrected chi connectivity index (χ2v) is 5.73. The number of hydrogen-bond donors (Lipinski definition) is 0. The van der Waals surface area contributed by atoms with Crippen molar-refractivity contribution < 1.29 is 51.0 Å². The zero-order valence-corrected chi connectivity index (χ0v) is 17.5. The van der Waals surface area contributed by atoms with Crippen LogP contribution in [0.5, 0.6) is 0 Å².